The molecule has 2 rings (SSSR count). The van der Waals surface area contributed by atoms with Crippen molar-refractivity contribution in [3.8, 4) is 0 Å². The van der Waals surface area contributed by atoms with Crippen LogP contribution in [-0.4, -0.2) is 14.1 Å². The van der Waals surface area contributed by atoms with Gasteiger partial charge in [-0.3, -0.25) is 4.57 Å². The van der Waals surface area contributed by atoms with Gasteiger partial charge in [-0.15, -0.1) is 0 Å². The van der Waals surface area contributed by atoms with E-state index in [2.05, 4.69) is 0 Å². The lowest BCUT2D eigenvalue weighted by Crippen LogP contribution is -2.22. The molecule has 0 unspecified atom stereocenters. The molecule has 1 heterocycles. The van der Waals surface area contributed by atoms with Crippen LogP contribution in [0.15, 0.2) is 35.4 Å². The Bertz CT molecular complexity index is 654. The summed E-state index contributed by atoms with van der Waals surface area (Å²) >= 11 is 4.94. The van der Waals surface area contributed by atoms with Crippen LogP contribution in [0.5, 0.6) is 0 Å². The normalized spacial score (nSPS) is 10.6. The van der Waals surface area contributed by atoms with Gasteiger partial charge in [0.1, 0.15) is 4.99 Å². The fourth-order valence-corrected chi connectivity index (χ4v) is 1.97. The van der Waals surface area contributed by atoms with Crippen LogP contribution in [0.1, 0.15) is 16.7 Å². The Hall–Kier alpha value is -1.88. The molecule has 0 radical (unpaired) electrons. The summed E-state index contributed by atoms with van der Waals surface area (Å²) in [7, 11) is 1.74. The van der Waals surface area contributed by atoms with Crippen LogP contribution in [0, 0.1) is 6.92 Å². The van der Waals surface area contributed by atoms with E-state index in [1.165, 1.54) is 0 Å². The molecule has 0 atom stereocenters. The lowest BCUT2D eigenvalue weighted by molar-refractivity contribution is 0.715. The van der Waals surface area contributed by atoms with E-state index in [1.807, 2.05) is 25.1 Å². The van der Waals surface area contributed by atoms with Crippen molar-refractivity contribution in [1.82, 2.24) is 9.13 Å². The topological polar surface area (TPSA) is 52.9 Å². The fourth-order valence-electron chi connectivity index (χ4n) is 1.84. The van der Waals surface area contributed by atoms with Crippen LogP contribution in [0.3, 0.4) is 0 Å². The molecule has 0 aliphatic rings. The Morgan fingerprint density at radius 1 is 1.39 bits per heavy atom. The molecule has 0 spiro atoms. The first-order valence-electron chi connectivity index (χ1n) is 5.60. The molecule has 0 amide bonds. The molecule has 94 valence electrons. The van der Waals surface area contributed by atoms with Crippen molar-refractivity contribution in [2.24, 2.45) is 12.8 Å². The van der Waals surface area contributed by atoms with Crippen molar-refractivity contribution < 1.29 is 0 Å². The average molecular weight is 261 g/mol. The van der Waals surface area contributed by atoms with Crippen molar-refractivity contribution in [1.29, 1.82) is 0 Å². The van der Waals surface area contributed by atoms with Gasteiger partial charge in [-0.25, -0.2) is 4.79 Å². The predicted molar refractivity (Wildman–Crippen MR) is 75.8 cm³/mol. The van der Waals surface area contributed by atoms with Gasteiger partial charge in [0.25, 0.3) is 0 Å². The number of thiocarbonyl (C=S) groups is 1. The number of imidazole rings is 1. The summed E-state index contributed by atoms with van der Waals surface area (Å²) in [5.41, 5.74) is 8.58. The lowest BCUT2D eigenvalue weighted by Gasteiger charge is -2.08. The van der Waals surface area contributed by atoms with E-state index >= 15 is 0 Å². The molecular formula is C13H15N3OS. The molecule has 0 saturated carbocycles. The number of hydrogen-bond donors (Lipinski definition) is 1. The highest BCUT2D eigenvalue weighted by Gasteiger charge is 2.05. The van der Waals surface area contributed by atoms with E-state index in [9.17, 15) is 4.79 Å². The minimum absolute atomic E-state index is 0.0205. The maximum atomic E-state index is 11.7. The molecule has 0 fully saturated rings. The van der Waals surface area contributed by atoms with Gasteiger partial charge >= 0.3 is 5.69 Å². The van der Waals surface area contributed by atoms with E-state index in [0.717, 1.165) is 16.7 Å². The van der Waals surface area contributed by atoms with Crippen LogP contribution in [-0.2, 0) is 13.6 Å². The van der Waals surface area contributed by atoms with Crippen LogP contribution in [0.2, 0.25) is 0 Å². The number of aromatic nitrogens is 2. The van der Waals surface area contributed by atoms with Crippen molar-refractivity contribution in [3.05, 3.63) is 57.8 Å². The van der Waals surface area contributed by atoms with Gasteiger partial charge in [0.15, 0.2) is 0 Å². The first-order chi connectivity index (χ1) is 8.49. The van der Waals surface area contributed by atoms with Gasteiger partial charge in [-0.1, -0.05) is 24.4 Å². The quantitative estimate of drug-likeness (QED) is 0.844. The van der Waals surface area contributed by atoms with Crippen LogP contribution < -0.4 is 11.4 Å². The standard InChI is InChI=1S/C13H15N3OS/c1-9-7-10(12(14)18)3-4-11(9)8-16-6-5-15(2)13(16)17/h3-7H,8H2,1-2H3,(H2,14,18). The molecule has 1 aromatic heterocycles. The number of rotatable bonds is 3. The number of nitrogens with zero attached hydrogens (tertiary/aromatic N) is 2. The van der Waals surface area contributed by atoms with Crippen LogP contribution in [0.25, 0.3) is 0 Å². The summed E-state index contributed by atoms with van der Waals surface area (Å²) in [6, 6.07) is 5.80. The van der Waals surface area contributed by atoms with Gasteiger partial charge < -0.3 is 10.3 Å². The first kappa shape index (κ1) is 12.6. The third kappa shape index (κ3) is 2.36. The molecule has 0 bridgehead atoms. The summed E-state index contributed by atoms with van der Waals surface area (Å²) in [6.07, 6.45) is 3.53. The molecule has 5 heteroatoms. The SMILES string of the molecule is Cc1cc(C(N)=S)ccc1Cn1ccn(C)c1=O. The van der Waals surface area contributed by atoms with Gasteiger partial charge in [0.2, 0.25) is 0 Å². The van der Waals surface area contributed by atoms with Crippen molar-refractivity contribution in [2.45, 2.75) is 13.5 Å². The van der Waals surface area contributed by atoms with Crippen molar-refractivity contribution in [2.75, 3.05) is 0 Å². The molecule has 0 aliphatic carbocycles. The smallest absolute Gasteiger partial charge is 0.328 e. The summed E-state index contributed by atoms with van der Waals surface area (Å²) in [5, 5.41) is 0. The van der Waals surface area contributed by atoms with Crippen LogP contribution in [0.4, 0.5) is 0 Å². The predicted octanol–water partition coefficient (Wildman–Crippen LogP) is 1.18. The Labute approximate surface area is 111 Å². The molecule has 0 saturated heterocycles. The van der Waals surface area contributed by atoms with Gasteiger partial charge in [0.05, 0.1) is 6.54 Å². The summed E-state index contributed by atoms with van der Waals surface area (Å²) in [4.78, 5) is 12.1. The van der Waals surface area contributed by atoms with Gasteiger partial charge in [-0.2, -0.15) is 0 Å². The minimum atomic E-state index is -0.0205. The monoisotopic (exact) mass is 261 g/mol. The van der Waals surface area contributed by atoms with E-state index in [0.29, 0.717) is 11.5 Å². The highest BCUT2D eigenvalue weighted by molar-refractivity contribution is 7.80. The van der Waals surface area contributed by atoms with E-state index in [4.69, 9.17) is 18.0 Å². The number of hydrogen-bond acceptors (Lipinski definition) is 2. The Kier molecular flexibility index (Phi) is 3.34. The molecule has 4 nitrogen and oxygen atoms in total. The molecule has 1 aromatic carbocycles. The maximum Gasteiger partial charge on any atom is 0.328 e. The number of aryl methyl sites for hydroxylation is 2. The summed E-state index contributed by atoms with van der Waals surface area (Å²) in [5.74, 6) is 0. The highest BCUT2D eigenvalue weighted by atomic mass is 32.1. The van der Waals surface area contributed by atoms with E-state index in [1.54, 1.807) is 28.6 Å². The second-order valence-electron chi connectivity index (χ2n) is 4.33. The third-order valence-electron chi connectivity index (χ3n) is 2.99. The highest BCUT2D eigenvalue weighted by Crippen LogP contribution is 2.12. The minimum Gasteiger partial charge on any atom is -0.389 e. The lowest BCUT2D eigenvalue weighted by atomic mass is 10.1. The zero-order chi connectivity index (χ0) is 13.3. The number of nitrogens with two attached hydrogens (primary N) is 1. The molecule has 2 aromatic rings. The third-order valence-corrected chi connectivity index (χ3v) is 3.22. The largest absolute Gasteiger partial charge is 0.389 e. The zero-order valence-electron chi connectivity index (χ0n) is 10.4. The fraction of sp³-hybridized carbons (Fsp3) is 0.231. The van der Waals surface area contributed by atoms with Crippen LogP contribution >= 0.6 is 12.2 Å². The van der Waals surface area contributed by atoms with Gasteiger partial charge in [-0.05, 0) is 24.1 Å². The second kappa shape index (κ2) is 4.78. The molecule has 2 N–H and O–H groups in total. The molecule has 18 heavy (non-hydrogen) atoms. The maximum absolute atomic E-state index is 11.7. The Morgan fingerprint density at radius 3 is 2.61 bits per heavy atom. The first-order valence-corrected chi connectivity index (χ1v) is 6.01. The van der Waals surface area contributed by atoms with E-state index in [-0.39, 0.29) is 5.69 Å². The summed E-state index contributed by atoms with van der Waals surface area (Å²) in [6.45, 7) is 2.55. The average Bonchev–Trinajstić information content (AvgIpc) is 2.63. The number of benzene rings is 1. The molecule has 0 aliphatic heterocycles. The molecular weight excluding hydrogens is 246 g/mol. The second-order valence-corrected chi connectivity index (χ2v) is 4.76. The van der Waals surface area contributed by atoms with Gasteiger partial charge in [0, 0.05) is 25.0 Å². The van der Waals surface area contributed by atoms with Crippen molar-refractivity contribution >= 4 is 17.2 Å². The summed E-state index contributed by atoms with van der Waals surface area (Å²) < 4.78 is 3.22. The zero-order valence-corrected chi connectivity index (χ0v) is 11.2. The van der Waals surface area contributed by atoms with Crippen molar-refractivity contribution in [3.63, 3.8) is 0 Å². The Morgan fingerprint density at radius 2 is 2.11 bits per heavy atom. The van der Waals surface area contributed by atoms with E-state index < -0.39 is 0 Å². The Balaban J connectivity index is 2.33.